The molecule has 0 spiro atoms. The Bertz CT molecular complexity index is 319. The molecule has 0 saturated heterocycles. The number of halogens is 1. The molecule has 82 valence electrons. The van der Waals surface area contributed by atoms with Crippen molar-refractivity contribution in [3.63, 3.8) is 0 Å². The van der Waals surface area contributed by atoms with E-state index in [0.29, 0.717) is 12.3 Å². The van der Waals surface area contributed by atoms with Crippen LogP contribution < -0.4 is 5.32 Å². The molecule has 0 aliphatic rings. The van der Waals surface area contributed by atoms with E-state index in [1.165, 1.54) is 3.57 Å². The number of benzene rings is 1. The number of carbonyl (C=O) groups is 1. The minimum atomic E-state index is 0.102. The molecule has 15 heavy (non-hydrogen) atoms. The zero-order valence-electron chi connectivity index (χ0n) is 9.09. The lowest BCUT2D eigenvalue weighted by Crippen LogP contribution is -2.11. The Kier molecular flexibility index (Phi) is 5.08. The van der Waals surface area contributed by atoms with Gasteiger partial charge in [0.25, 0.3) is 0 Å². The van der Waals surface area contributed by atoms with Crippen molar-refractivity contribution in [2.45, 2.75) is 26.7 Å². The maximum absolute atomic E-state index is 11.5. The third-order valence-electron chi connectivity index (χ3n) is 2.08. The second kappa shape index (κ2) is 6.10. The lowest BCUT2D eigenvalue weighted by atomic mass is 10.1. The average Bonchev–Trinajstić information content (AvgIpc) is 2.19. The van der Waals surface area contributed by atoms with Gasteiger partial charge in [-0.1, -0.05) is 13.8 Å². The second-order valence-corrected chi connectivity index (χ2v) is 5.23. The first-order valence-electron chi connectivity index (χ1n) is 5.13. The first kappa shape index (κ1) is 12.5. The van der Waals surface area contributed by atoms with E-state index >= 15 is 0 Å². The molecule has 0 bridgehead atoms. The molecule has 0 aliphatic carbocycles. The van der Waals surface area contributed by atoms with E-state index in [9.17, 15) is 4.79 Å². The molecule has 2 nitrogen and oxygen atoms in total. The van der Waals surface area contributed by atoms with Gasteiger partial charge in [0.05, 0.1) is 0 Å². The highest BCUT2D eigenvalue weighted by atomic mass is 127. The van der Waals surface area contributed by atoms with E-state index in [2.05, 4.69) is 41.8 Å². The molecule has 0 unspecified atom stereocenters. The summed E-state index contributed by atoms with van der Waals surface area (Å²) in [6.45, 7) is 4.25. The number of amides is 1. The zero-order valence-corrected chi connectivity index (χ0v) is 11.2. The van der Waals surface area contributed by atoms with Gasteiger partial charge in [0.1, 0.15) is 0 Å². The molecule has 3 heteroatoms. The molecule has 1 rings (SSSR count). The van der Waals surface area contributed by atoms with Gasteiger partial charge in [-0.25, -0.2) is 0 Å². The van der Waals surface area contributed by atoms with Crippen molar-refractivity contribution < 1.29 is 4.79 Å². The van der Waals surface area contributed by atoms with Crippen molar-refractivity contribution >= 4 is 34.2 Å². The van der Waals surface area contributed by atoms with E-state index in [1.807, 2.05) is 24.3 Å². The van der Waals surface area contributed by atoms with Gasteiger partial charge in [0.15, 0.2) is 0 Å². The Balaban J connectivity index is 2.41. The molecular weight excluding hydrogens is 301 g/mol. The lowest BCUT2D eigenvalue weighted by Gasteiger charge is -2.06. The Morgan fingerprint density at radius 1 is 1.33 bits per heavy atom. The van der Waals surface area contributed by atoms with Crippen LogP contribution in [0.4, 0.5) is 5.69 Å². The SMILES string of the molecule is CC(C)CCC(=O)Nc1ccc(I)cc1. The number of hydrogen-bond acceptors (Lipinski definition) is 1. The molecule has 1 aromatic carbocycles. The molecule has 0 heterocycles. The number of anilines is 1. The highest BCUT2D eigenvalue weighted by molar-refractivity contribution is 14.1. The summed E-state index contributed by atoms with van der Waals surface area (Å²) in [4.78, 5) is 11.5. The van der Waals surface area contributed by atoms with Crippen LogP contribution in [0, 0.1) is 9.49 Å². The maximum atomic E-state index is 11.5. The van der Waals surface area contributed by atoms with Crippen LogP contribution in [0.25, 0.3) is 0 Å². The van der Waals surface area contributed by atoms with E-state index < -0.39 is 0 Å². The van der Waals surface area contributed by atoms with Crippen molar-refractivity contribution in [1.82, 2.24) is 0 Å². The summed E-state index contributed by atoms with van der Waals surface area (Å²) in [6.07, 6.45) is 1.54. The standard InChI is InChI=1S/C12H16INO/c1-9(2)3-8-12(15)14-11-6-4-10(13)5-7-11/h4-7,9H,3,8H2,1-2H3,(H,14,15). The van der Waals surface area contributed by atoms with Gasteiger partial charge in [0.2, 0.25) is 5.91 Å². The largest absolute Gasteiger partial charge is 0.326 e. The summed E-state index contributed by atoms with van der Waals surface area (Å²) in [5, 5.41) is 2.88. The summed E-state index contributed by atoms with van der Waals surface area (Å²) in [5.41, 5.74) is 0.879. The average molecular weight is 317 g/mol. The van der Waals surface area contributed by atoms with Gasteiger partial charge in [-0.15, -0.1) is 0 Å². The van der Waals surface area contributed by atoms with Crippen LogP contribution in [0.1, 0.15) is 26.7 Å². The predicted molar refractivity (Wildman–Crippen MR) is 71.9 cm³/mol. The lowest BCUT2D eigenvalue weighted by molar-refractivity contribution is -0.116. The summed E-state index contributed by atoms with van der Waals surface area (Å²) >= 11 is 2.24. The summed E-state index contributed by atoms with van der Waals surface area (Å²) in [6, 6.07) is 7.82. The van der Waals surface area contributed by atoms with Crippen LogP contribution in [-0.4, -0.2) is 5.91 Å². The Hall–Kier alpha value is -0.580. The fourth-order valence-electron chi connectivity index (χ4n) is 1.18. The molecule has 0 aliphatic heterocycles. The first-order chi connectivity index (χ1) is 7.08. The molecular formula is C12H16INO. The highest BCUT2D eigenvalue weighted by Gasteiger charge is 2.03. The quantitative estimate of drug-likeness (QED) is 0.844. The Morgan fingerprint density at radius 2 is 1.93 bits per heavy atom. The van der Waals surface area contributed by atoms with Crippen LogP contribution in [0.3, 0.4) is 0 Å². The normalized spacial score (nSPS) is 10.4. The number of carbonyl (C=O) groups excluding carboxylic acids is 1. The molecule has 1 aromatic rings. The van der Waals surface area contributed by atoms with Crippen molar-refractivity contribution in [2.75, 3.05) is 5.32 Å². The smallest absolute Gasteiger partial charge is 0.224 e. The molecule has 1 N–H and O–H groups in total. The number of nitrogens with one attached hydrogen (secondary N) is 1. The van der Waals surface area contributed by atoms with E-state index in [0.717, 1.165) is 12.1 Å². The Morgan fingerprint density at radius 3 is 2.47 bits per heavy atom. The van der Waals surface area contributed by atoms with Crippen LogP contribution in [0.15, 0.2) is 24.3 Å². The monoisotopic (exact) mass is 317 g/mol. The number of rotatable bonds is 4. The van der Waals surface area contributed by atoms with Crippen LogP contribution in [0.5, 0.6) is 0 Å². The molecule has 1 amide bonds. The summed E-state index contributed by atoms with van der Waals surface area (Å²) in [5.74, 6) is 0.678. The fourth-order valence-corrected chi connectivity index (χ4v) is 1.54. The minimum absolute atomic E-state index is 0.102. The fraction of sp³-hybridized carbons (Fsp3) is 0.417. The van der Waals surface area contributed by atoms with E-state index in [4.69, 9.17) is 0 Å². The van der Waals surface area contributed by atoms with Crippen molar-refractivity contribution in [3.8, 4) is 0 Å². The van der Waals surface area contributed by atoms with E-state index in [-0.39, 0.29) is 5.91 Å². The molecule has 0 radical (unpaired) electrons. The van der Waals surface area contributed by atoms with E-state index in [1.54, 1.807) is 0 Å². The zero-order chi connectivity index (χ0) is 11.3. The van der Waals surface area contributed by atoms with Gasteiger partial charge < -0.3 is 5.32 Å². The molecule has 0 atom stereocenters. The molecule has 0 saturated carbocycles. The number of hydrogen-bond donors (Lipinski definition) is 1. The third kappa shape index (κ3) is 5.16. The van der Waals surface area contributed by atoms with Crippen LogP contribution in [-0.2, 0) is 4.79 Å². The highest BCUT2D eigenvalue weighted by Crippen LogP contribution is 2.12. The minimum Gasteiger partial charge on any atom is -0.326 e. The van der Waals surface area contributed by atoms with Gasteiger partial charge >= 0.3 is 0 Å². The third-order valence-corrected chi connectivity index (χ3v) is 2.80. The Labute approximate surface area is 105 Å². The van der Waals surface area contributed by atoms with Crippen LogP contribution >= 0.6 is 22.6 Å². The van der Waals surface area contributed by atoms with Gasteiger partial charge in [-0.05, 0) is 59.2 Å². The molecule has 0 aromatic heterocycles. The van der Waals surface area contributed by atoms with Gasteiger partial charge in [-0.3, -0.25) is 4.79 Å². The van der Waals surface area contributed by atoms with Crippen molar-refractivity contribution in [3.05, 3.63) is 27.8 Å². The van der Waals surface area contributed by atoms with Crippen molar-refractivity contribution in [1.29, 1.82) is 0 Å². The second-order valence-electron chi connectivity index (χ2n) is 3.99. The molecule has 0 fully saturated rings. The first-order valence-corrected chi connectivity index (χ1v) is 6.21. The summed E-state index contributed by atoms with van der Waals surface area (Å²) < 4.78 is 1.17. The maximum Gasteiger partial charge on any atom is 0.224 e. The van der Waals surface area contributed by atoms with Crippen LogP contribution in [0.2, 0.25) is 0 Å². The summed E-state index contributed by atoms with van der Waals surface area (Å²) in [7, 11) is 0. The van der Waals surface area contributed by atoms with Gasteiger partial charge in [-0.2, -0.15) is 0 Å². The van der Waals surface area contributed by atoms with Crippen molar-refractivity contribution in [2.24, 2.45) is 5.92 Å². The van der Waals surface area contributed by atoms with Gasteiger partial charge in [0, 0.05) is 15.7 Å². The predicted octanol–water partition coefficient (Wildman–Crippen LogP) is 3.67. The topological polar surface area (TPSA) is 29.1 Å².